The molecule has 0 saturated carbocycles. The van der Waals surface area contributed by atoms with Gasteiger partial charge in [-0.25, -0.2) is 0 Å². The van der Waals surface area contributed by atoms with Crippen molar-refractivity contribution in [1.82, 2.24) is 4.98 Å². The fourth-order valence-electron chi connectivity index (χ4n) is 1.02. The molecule has 0 amide bonds. The van der Waals surface area contributed by atoms with Crippen molar-refractivity contribution in [2.24, 2.45) is 0 Å². The molecule has 1 heterocycles. The van der Waals surface area contributed by atoms with E-state index in [0.29, 0.717) is 0 Å². The molecule has 0 saturated heterocycles. The zero-order valence-corrected chi connectivity index (χ0v) is 6.15. The van der Waals surface area contributed by atoms with Gasteiger partial charge in [-0.2, -0.15) is 0 Å². The maximum atomic E-state index is 7.03. The van der Waals surface area contributed by atoms with Crippen molar-refractivity contribution in [3.63, 3.8) is 0 Å². The monoisotopic (exact) mass is 136 g/mol. The van der Waals surface area contributed by atoms with E-state index in [1.54, 1.807) is 0 Å². The van der Waals surface area contributed by atoms with Gasteiger partial charge in [-0.05, 0) is 12.5 Å². The van der Waals surface area contributed by atoms with Crippen LogP contribution in [-0.2, 0) is 6.42 Å². The lowest BCUT2D eigenvalue weighted by atomic mass is 10.2. The maximum Gasteiger partial charge on any atom is 0.0268 e. The molecule has 0 atom stereocenters. The minimum Gasteiger partial charge on any atom is -0.364 e. The minimum absolute atomic E-state index is 1.02. The molecule has 0 fully saturated rings. The van der Waals surface area contributed by atoms with Crippen LogP contribution in [-0.4, -0.2) is 11.2 Å². The SMILES string of the molecule is CCCc1[nH]ccc1C=N. The number of aromatic nitrogens is 1. The van der Waals surface area contributed by atoms with E-state index in [4.69, 9.17) is 5.41 Å². The van der Waals surface area contributed by atoms with E-state index >= 15 is 0 Å². The molecular weight excluding hydrogens is 124 g/mol. The number of nitrogens with one attached hydrogen (secondary N) is 2. The summed E-state index contributed by atoms with van der Waals surface area (Å²) in [5.74, 6) is 0. The fraction of sp³-hybridized carbons (Fsp3) is 0.375. The largest absolute Gasteiger partial charge is 0.364 e. The molecule has 0 aliphatic carbocycles. The molecule has 0 aliphatic heterocycles. The van der Waals surface area contributed by atoms with Gasteiger partial charge >= 0.3 is 0 Å². The summed E-state index contributed by atoms with van der Waals surface area (Å²) in [7, 11) is 0. The highest BCUT2D eigenvalue weighted by Crippen LogP contribution is 2.05. The standard InChI is InChI=1S/C8H12N2/c1-2-3-8-7(6-9)4-5-10-8/h4-6,9-10H,2-3H2,1H3. The summed E-state index contributed by atoms with van der Waals surface area (Å²) < 4.78 is 0. The molecule has 0 bridgehead atoms. The molecule has 0 spiro atoms. The van der Waals surface area contributed by atoms with Gasteiger partial charge in [-0.1, -0.05) is 13.3 Å². The first-order chi connectivity index (χ1) is 4.88. The van der Waals surface area contributed by atoms with Crippen molar-refractivity contribution in [2.75, 3.05) is 0 Å². The molecule has 0 aliphatic rings. The Kier molecular flexibility index (Phi) is 2.26. The van der Waals surface area contributed by atoms with Crippen molar-refractivity contribution in [2.45, 2.75) is 19.8 Å². The highest BCUT2D eigenvalue weighted by atomic mass is 14.7. The fourth-order valence-corrected chi connectivity index (χ4v) is 1.02. The summed E-state index contributed by atoms with van der Waals surface area (Å²) >= 11 is 0. The molecule has 0 unspecified atom stereocenters. The van der Waals surface area contributed by atoms with E-state index in [-0.39, 0.29) is 0 Å². The van der Waals surface area contributed by atoms with E-state index in [0.717, 1.165) is 18.4 Å². The van der Waals surface area contributed by atoms with E-state index in [1.807, 2.05) is 12.3 Å². The summed E-state index contributed by atoms with van der Waals surface area (Å²) in [6.45, 7) is 2.13. The van der Waals surface area contributed by atoms with E-state index in [9.17, 15) is 0 Å². The van der Waals surface area contributed by atoms with Crippen molar-refractivity contribution in [3.05, 3.63) is 23.5 Å². The molecular formula is C8H12N2. The number of hydrogen-bond acceptors (Lipinski definition) is 1. The number of aryl methyl sites for hydroxylation is 1. The van der Waals surface area contributed by atoms with E-state index in [1.165, 1.54) is 11.9 Å². The second kappa shape index (κ2) is 3.20. The molecule has 1 aromatic heterocycles. The van der Waals surface area contributed by atoms with Gasteiger partial charge in [0.1, 0.15) is 0 Å². The third-order valence-electron chi connectivity index (χ3n) is 1.52. The predicted molar refractivity (Wildman–Crippen MR) is 42.7 cm³/mol. The second-order valence-corrected chi connectivity index (χ2v) is 2.31. The summed E-state index contributed by atoms with van der Waals surface area (Å²) in [6, 6.07) is 1.93. The van der Waals surface area contributed by atoms with Crippen molar-refractivity contribution >= 4 is 6.21 Å². The number of hydrogen-bond donors (Lipinski definition) is 2. The predicted octanol–water partition coefficient (Wildman–Crippen LogP) is 1.96. The molecule has 0 aromatic carbocycles. The summed E-state index contributed by atoms with van der Waals surface area (Å²) in [5.41, 5.74) is 2.19. The Bertz CT molecular complexity index is 213. The number of rotatable bonds is 3. The van der Waals surface area contributed by atoms with Gasteiger partial charge in [0.05, 0.1) is 0 Å². The molecule has 1 aromatic rings. The Hall–Kier alpha value is -1.05. The van der Waals surface area contributed by atoms with Gasteiger partial charge in [0, 0.05) is 23.7 Å². The summed E-state index contributed by atoms with van der Waals surface area (Å²) in [5, 5.41) is 7.03. The quantitative estimate of drug-likeness (QED) is 0.596. The molecule has 2 heteroatoms. The van der Waals surface area contributed by atoms with E-state index < -0.39 is 0 Å². The van der Waals surface area contributed by atoms with Gasteiger partial charge in [0.2, 0.25) is 0 Å². The molecule has 54 valence electrons. The molecule has 1 rings (SSSR count). The van der Waals surface area contributed by atoms with Gasteiger partial charge in [-0.3, -0.25) is 0 Å². The van der Waals surface area contributed by atoms with Gasteiger partial charge in [0.25, 0.3) is 0 Å². The van der Waals surface area contributed by atoms with Crippen LogP contribution in [0.5, 0.6) is 0 Å². The lowest BCUT2D eigenvalue weighted by molar-refractivity contribution is 0.891. The smallest absolute Gasteiger partial charge is 0.0268 e. The Morgan fingerprint density at radius 2 is 2.50 bits per heavy atom. The van der Waals surface area contributed by atoms with Crippen LogP contribution in [0.3, 0.4) is 0 Å². The number of aromatic amines is 1. The second-order valence-electron chi connectivity index (χ2n) is 2.31. The number of H-pyrrole nitrogens is 1. The first-order valence-corrected chi connectivity index (χ1v) is 3.55. The van der Waals surface area contributed by atoms with Crippen molar-refractivity contribution < 1.29 is 0 Å². The zero-order valence-electron chi connectivity index (χ0n) is 6.15. The molecule has 2 N–H and O–H groups in total. The summed E-state index contributed by atoms with van der Waals surface area (Å²) in [6.07, 6.45) is 5.44. The van der Waals surface area contributed by atoms with Crippen molar-refractivity contribution in [3.8, 4) is 0 Å². The van der Waals surface area contributed by atoms with Crippen LogP contribution >= 0.6 is 0 Å². The highest BCUT2D eigenvalue weighted by Gasteiger charge is 1.97. The van der Waals surface area contributed by atoms with Crippen LogP contribution < -0.4 is 0 Å². The van der Waals surface area contributed by atoms with Gasteiger partial charge in [0.15, 0.2) is 0 Å². The van der Waals surface area contributed by atoms with E-state index in [2.05, 4.69) is 11.9 Å². The highest BCUT2D eigenvalue weighted by molar-refractivity contribution is 5.78. The van der Waals surface area contributed by atoms with Crippen LogP contribution in [0.4, 0.5) is 0 Å². The Morgan fingerprint density at radius 1 is 1.70 bits per heavy atom. The first kappa shape index (κ1) is 7.06. The van der Waals surface area contributed by atoms with Crippen LogP contribution in [0.1, 0.15) is 24.6 Å². The Balaban J connectivity index is 2.79. The molecule has 2 nitrogen and oxygen atoms in total. The lowest BCUT2D eigenvalue weighted by Gasteiger charge is -1.93. The lowest BCUT2D eigenvalue weighted by Crippen LogP contribution is -1.88. The molecule has 0 radical (unpaired) electrons. The van der Waals surface area contributed by atoms with Crippen molar-refractivity contribution in [1.29, 1.82) is 5.41 Å². The van der Waals surface area contributed by atoms with Crippen LogP contribution in [0.2, 0.25) is 0 Å². The average molecular weight is 136 g/mol. The zero-order chi connectivity index (χ0) is 7.40. The molecule has 10 heavy (non-hydrogen) atoms. The maximum absolute atomic E-state index is 7.03. The van der Waals surface area contributed by atoms with Crippen LogP contribution in [0.25, 0.3) is 0 Å². The third kappa shape index (κ3) is 1.26. The van der Waals surface area contributed by atoms with Crippen LogP contribution in [0.15, 0.2) is 12.3 Å². The summed E-state index contributed by atoms with van der Waals surface area (Å²) in [4.78, 5) is 3.11. The average Bonchev–Trinajstić information content (AvgIpc) is 2.36. The first-order valence-electron chi connectivity index (χ1n) is 3.55. The van der Waals surface area contributed by atoms with Gasteiger partial charge in [-0.15, -0.1) is 0 Å². The minimum atomic E-state index is 1.02. The van der Waals surface area contributed by atoms with Gasteiger partial charge < -0.3 is 10.4 Å². The Morgan fingerprint density at radius 3 is 3.10 bits per heavy atom. The third-order valence-corrected chi connectivity index (χ3v) is 1.52. The van der Waals surface area contributed by atoms with Crippen LogP contribution in [0, 0.1) is 5.41 Å². The Labute approximate surface area is 60.8 Å². The normalized spacial score (nSPS) is 9.70. The topological polar surface area (TPSA) is 39.6 Å².